The number of halogens is 1. The number of hydrogen-bond donors (Lipinski definition) is 1. The summed E-state index contributed by atoms with van der Waals surface area (Å²) in [5.41, 5.74) is 0.790. The molecule has 1 atom stereocenters. The Bertz CT molecular complexity index is 420. The van der Waals surface area contributed by atoms with Crippen molar-refractivity contribution in [3.63, 3.8) is 0 Å². The van der Waals surface area contributed by atoms with Crippen molar-refractivity contribution in [1.82, 2.24) is 5.32 Å². The summed E-state index contributed by atoms with van der Waals surface area (Å²) in [6, 6.07) is 6.46. The van der Waals surface area contributed by atoms with Gasteiger partial charge in [-0.3, -0.25) is 4.79 Å². The molecular formula is C12H14ClNO3. The van der Waals surface area contributed by atoms with E-state index in [2.05, 4.69) is 10.1 Å². The van der Waals surface area contributed by atoms with Gasteiger partial charge in [-0.05, 0) is 11.6 Å². The Hall–Kier alpha value is -1.55. The van der Waals surface area contributed by atoms with E-state index in [9.17, 15) is 9.59 Å². The fourth-order valence-electron chi connectivity index (χ4n) is 1.46. The van der Waals surface area contributed by atoms with Crippen LogP contribution in [0, 0.1) is 0 Å². The van der Waals surface area contributed by atoms with Crippen molar-refractivity contribution in [2.45, 2.75) is 19.4 Å². The molecule has 17 heavy (non-hydrogen) atoms. The van der Waals surface area contributed by atoms with Crippen LogP contribution in [0.25, 0.3) is 0 Å². The topological polar surface area (TPSA) is 55.4 Å². The van der Waals surface area contributed by atoms with Crippen LogP contribution in [0.5, 0.6) is 0 Å². The summed E-state index contributed by atoms with van der Waals surface area (Å²) in [6.07, 6.45) is 0.311. The van der Waals surface area contributed by atoms with Gasteiger partial charge in [-0.15, -0.1) is 0 Å². The normalized spacial score (nSPS) is 11.7. The highest BCUT2D eigenvalue weighted by Gasteiger charge is 2.21. The van der Waals surface area contributed by atoms with Crippen molar-refractivity contribution in [3.05, 3.63) is 34.9 Å². The van der Waals surface area contributed by atoms with Crippen LogP contribution >= 0.6 is 11.6 Å². The van der Waals surface area contributed by atoms with Crippen LogP contribution in [0.3, 0.4) is 0 Å². The highest BCUT2D eigenvalue weighted by atomic mass is 35.5. The first kappa shape index (κ1) is 13.5. The van der Waals surface area contributed by atoms with Crippen LogP contribution in [0.2, 0.25) is 5.02 Å². The van der Waals surface area contributed by atoms with E-state index in [-0.39, 0.29) is 5.91 Å². The number of benzene rings is 1. The monoisotopic (exact) mass is 255 g/mol. The Kier molecular flexibility index (Phi) is 4.97. The molecule has 1 aromatic carbocycles. The quantitative estimate of drug-likeness (QED) is 0.831. The Morgan fingerprint density at radius 1 is 1.41 bits per heavy atom. The van der Waals surface area contributed by atoms with E-state index in [1.165, 1.54) is 14.0 Å². The Balaban J connectivity index is 2.82. The van der Waals surface area contributed by atoms with Gasteiger partial charge in [0.1, 0.15) is 6.04 Å². The summed E-state index contributed by atoms with van der Waals surface area (Å²) in [5.74, 6) is -0.771. The van der Waals surface area contributed by atoms with Crippen LogP contribution in [-0.2, 0) is 20.7 Å². The third kappa shape index (κ3) is 4.07. The molecule has 1 aromatic rings. The van der Waals surface area contributed by atoms with Gasteiger partial charge in [-0.2, -0.15) is 0 Å². The first-order valence-corrected chi connectivity index (χ1v) is 5.50. The van der Waals surface area contributed by atoms with Crippen molar-refractivity contribution < 1.29 is 14.3 Å². The van der Waals surface area contributed by atoms with Crippen molar-refractivity contribution in [3.8, 4) is 0 Å². The molecule has 4 nitrogen and oxygen atoms in total. The predicted molar refractivity (Wildman–Crippen MR) is 64.8 cm³/mol. The lowest BCUT2D eigenvalue weighted by atomic mass is 10.1. The maximum Gasteiger partial charge on any atom is 0.328 e. The average molecular weight is 256 g/mol. The molecule has 1 amide bonds. The van der Waals surface area contributed by atoms with Crippen molar-refractivity contribution in [1.29, 1.82) is 0 Å². The second-order valence-corrected chi connectivity index (χ2v) is 3.98. The second-order valence-electron chi connectivity index (χ2n) is 3.57. The molecule has 0 unspecified atom stereocenters. The van der Waals surface area contributed by atoms with Crippen molar-refractivity contribution in [2.24, 2.45) is 0 Å². The predicted octanol–water partition coefficient (Wildman–Crippen LogP) is 1.56. The minimum atomic E-state index is -0.711. The molecular weight excluding hydrogens is 242 g/mol. The standard InChI is InChI=1S/C12H14ClNO3/c1-8(15)14-11(12(16)17-2)7-9-5-3-4-6-10(9)13/h3-6,11H,7H2,1-2H3,(H,14,15)/t11-/m1/s1. The molecule has 0 aliphatic heterocycles. The molecule has 0 saturated heterocycles. The van der Waals surface area contributed by atoms with Crippen LogP contribution in [0.1, 0.15) is 12.5 Å². The van der Waals surface area contributed by atoms with Crippen molar-refractivity contribution in [2.75, 3.05) is 7.11 Å². The summed E-state index contributed by atoms with van der Waals surface area (Å²) in [6.45, 7) is 1.35. The summed E-state index contributed by atoms with van der Waals surface area (Å²) in [5, 5.41) is 3.10. The molecule has 5 heteroatoms. The van der Waals surface area contributed by atoms with Gasteiger partial charge in [0.2, 0.25) is 5.91 Å². The summed E-state index contributed by atoms with van der Waals surface area (Å²) < 4.78 is 4.63. The first-order chi connectivity index (χ1) is 8.04. The molecule has 0 fully saturated rings. The molecule has 1 rings (SSSR count). The van der Waals surface area contributed by atoms with E-state index in [0.717, 1.165) is 5.56 Å². The molecule has 0 aliphatic rings. The zero-order valence-corrected chi connectivity index (χ0v) is 10.5. The molecule has 0 radical (unpaired) electrons. The lowest BCUT2D eigenvalue weighted by molar-refractivity contribution is -0.144. The van der Waals surface area contributed by atoms with E-state index in [1.807, 2.05) is 6.07 Å². The van der Waals surface area contributed by atoms with Gasteiger partial charge in [0.25, 0.3) is 0 Å². The van der Waals surface area contributed by atoms with Crippen LogP contribution < -0.4 is 5.32 Å². The number of ether oxygens (including phenoxy) is 1. The molecule has 0 aromatic heterocycles. The molecule has 0 heterocycles. The van der Waals surface area contributed by atoms with Gasteiger partial charge in [0.15, 0.2) is 0 Å². The largest absolute Gasteiger partial charge is 0.467 e. The minimum Gasteiger partial charge on any atom is -0.467 e. The zero-order valence-electron chi connectivity index (χ0n) is 9.70. The number of amides is 1. The number of hydrogen-bond acceptors (Lipinski definition) is 3. The minimum absolute atomic E-state index is 0.285. The van der Waals surface area contributed by atoms with Gasteiger partial charge in [-0.1, -0.05) is 29.8 Å². The molecule has 0 saturated carbocycles. The second kappa shape index (κ2) is 6.25. The van der Waals surface area contributed by atoms with Crippen LogP contribution in [0.4, 0.5) is 0 Å². The number of nitrogens with one attached hydrogen (secondary N) is 1. The lowest BCUT2D eigenvalue weighted by Gasteiger charge is -2.16. The maximum absolute atomic E-state index is 11.5. The molecule has 0 aliphatic carbocycles. The first-order valence-electron chi connectivity index (χ1n) is 5.13. The SMILES string of the molecule is COC(=O)[C@@H](Cc1ccccc1Cl)NC(C)=O. The summed E-state index contributed by atoms with van der Waals surface area (Å²) in [4.78, 5) is 22.5. The summed E-state index contributed by atoms with van der Waals surface area (Å²) >= 11 is 5.99. The third-order valence-electron chi connectivity index (χ3n) is 2.25. The van der Waals surface area contributed by atoms with Gasteiger partial charge < -0.3 is 10.1 Å². The van der Waals surface area contributed by atoms with Gasteiger partial charge in [0, 0.05) is 18.4 Å². The van der Waals surface area contributed by atoms with E-state index < -0.39 is 12.0 Å². The molecule has 0 spiro atoms. The Morgan fingerprint density at radius 2 is 2.06 bits per heavy atom. The van der Waals surface area contributed by atoms with E-state index in [1.54, 1.807) is 18.2 Å². The third-order valence-corrected chi connectivity index (χ3v) is 2.61. The number of esters is 1. The van der Waals surface area contributed by atoms with Crippen LogP contribution in [-0.4, -0.2) is 25.0 Å². The number of methoxy groups -OCH3 is 1. The smallest absolute Gasteiger partial charge is 0.328 e. The molecule has 0 bridgehead atoms. The van der Waals surface area contributed by atoms with Gasteiger partial charge in [-0.25, -0.2) is 4.79 Å². The highest BCUT2D eigenvalue weighted by Crippen LogP contribution is 2.17. The van der Waals surface area contributed by atoms with Gasteiger partial charge in [0.05, 0.1) is 7.11 Å². The molecule has 92 valence electrons. The van der Waals surface area contributed by atoms with E-state index in [0.29, 0.717) is 11.4 Å². The summed E-state index contributed by atoms with van der Waals surface area (Å²) in [7, 11) is 1.28. The van der Waals surface area contributed by atoms with E-state index in [4.69, 9.17) is 11.6 Å². The van der Waals surface area contributed by atoms with Crippen molar-refractivity contribution >= 4 is 23.5 Å². The fraction of sp³-hybridized carbons (Fsp3) is 0.333. The zero-order chi connectivity index (χ0) is 12.8. The van der Waals surface area contributed by atoms with Crippen LogP contribution in [0.15, 0.2) is 24.3 Å². The molecule has 1 N–H and O–H groups in total. The lowest BCUT2D eigenvalue weighted by Crippen LogP contribution is -2.42. The number of carbonyl (C=O) groups is 2. The number of carbonyl (C=O) groups excluding carboxylic acids is 2. The Labute approximate surface area is 105 Å². The highest BCUT2D eigenvalue weighted by molar-refractivity contribution is 6.31. The Morgan fingerprint density at radius 3 is 2.59 bits per heavy atom. The van der Waals surface area contributed by atoms with Gasteiger partial charge >= 0.3 is 5.97 Å². The fourth-order valence-corrected chi connectivity index (χ4v) is 1.68. The van der Waals surface area contributed by atoms with E-state index >= 15 is 0 Å². The maximum atomic E-state index is 11.5. The average Bonchev–Trinajstić information content (AvgIpc) is 2.29. The number of rotatable bonds is 4.